The summed E-state index contributed by atoms with van der Waals surface area (Å²) in [6.07, 6.45) is 10.0. The fraction of sp³-hybridized carbons (Fsp3) is 0.388. The minimum atomic E-state index is -1.19. The maximum Gasteiger partial charge on any atom is 0.278 e. The van der Waals surface area contributed by atoms with E-state index in [9.17, 15) is 29.1 Å². The number of carbonyl (C=O) groups is 4. The summed E-state index contributed by atoms with van der Waals surface area (Å²) < 4.78 is 9.10. The summed E-state index contributed by atoms with van der Waals surface area (Å²) in [7, 11) is 0. The van der Waals surface area contributed by atoms with Crippen molar-refractivity contribution in [3.05, 3.63) is 119 Å². The summed E-state index contributed by atoms with van der Waals surface area (Å²) in [5.41, 5.74) is 2.21. The number of fused-ring (bicyclic) bond motifs is 2. The van der Waals surface area contributed by atoms with Crippen LogP contribution in [0.25, 0.3) is 16.9 Å². The Morgan fingerprint density at radius 1 is 0.924 bits per heavy atom. The lowest BCUT2D eigenvalue weighted by atomic mass is 10.0. The number of nitrogens with zero attached hydrogens (tertiary/aromatic N) is 8. The Morgan fingerprint density at radius 2 is 1.65 bits per heavy atom. The van der Waals surface area contributed by atoms with Crippen molar-refractivity contribution < 1.29 is 29.0 Å². The highest BCUT2D eigenvalue weighted by atomic mass is 16.5. The molecule has 1 atom stereocenters. The van der Waals surface area contributed by atoms with Gasteiger partial charge < -0.3 is 30.3 Å². The molecule has 3 aromatic heterocycles. The van der Waals surface area contributed by atoms with E-state index in [1.54, 1.807) is 61.0 Å². The molecule has 66 heavy (non-hydrogen) atoms. The van der Waals surface area contributed by atoms with Gasteiger partial charge in [-0.05, 0) is 88.1 Å². The number of benzene rings is 2. The van der Waals surface area contributed by atoms with Gasteiger partial charge in [0.15, 0.2) is 11.5 Å². The number of allylic oxidation sites excluding steroid dienone is 2. The molecular formula is C49H56N10O7. The van der Waals surface area contributed by atoms with Crippen LogP contribution in [0, 0.1) is 0 Å². The molecule has 5 aromatic rings. The zero-order valence-corrected chi connectivity index (χ0v) is 37.5. The van der Waals surface area contributed by atoms with Crippen molar-refractivity contribution >= 4 is 52.0 Å². The van der Waals surface area contributed by atoms with Gasteiger partial charge in [0.05, 0.1) is 30.0 Å². The first kappa shape index (κ1) is 45.4. The second-order valence-corrected chi connectivity index (χ2v) is 17.4. The van der Waals surface area contributed by atoms with Crippen molar-refractivity contribution in [3.63, 3.8) is 0 Å². The molecule has 0 aliphatic carbocycles. The molecule has 3 aliphatic heterocycles. The first-order chi connectivity index (χ1) is 31.8. The lowest BCUT2D eigenvalue weighted by Crippen LogP contribution is -2.51. The molecule has 3 N–H and O–H groups in total. The number of amides is 4. The number of rotatable bonds is 18. The Morgan fingerprint density at radius 3 is 2.38 bits per heavy atom. The van der Waals surface area contributed by atoms with E-state index < -0.39 is 29.4 Å². The van der Waals surface area contributed by atoms with Crippen LogP contribution in [0.3, 0.4) is 0 Å². The van der Waals surface area contributed by atoms with Gasteiger partial charge in [-0.1, -0.05) is 50.5 Å². The molecule has 0 radical (unpaired) electrons. The first-order valence-electron chi connectivity index (χ1n) is 22.6. The van der Waals surface area contributed by atoms with Crippen molar-refractivity contribution in [1.29, 1.82) is 0 Å². The fourth-order valence-electron chi connectivity index (χ4n) is 8.70. The van der Waals surface area contributed by atoms with Crippen molar-refractivity contribution in [2.24, 2.45) is 0 Å². The Bertz CT molecular complexity index is 2730. The summed E-state index contributed by atoms with van der Waals surface area (Å²) in [4.78, 5) is 84.6. The molecule has 1 unspecified atom stereocenters. The number of piperazine rings is 1. The number of unbranched alkanes of at least 4 members (excludes halogenated alkanes) is 5. The Labute approximate surface area is 382 Å². The van der Waals surface area contributed by atoms with E-state index in [-0.39, 0.29) is 29.1 Å². The highest BCUT2D eigenvalue weighted by Gasteiger charge is 2.45. The van der Waals surface area contributed by atoms with Crippen molar-refractivity contribution in [2.75, 3.05) is 43.0 Å². The lowest BCUT2D eigenvalue weighted by molar-refractivity contribution is -0.131. The predicted molar refractivity (Wildman–Crippen MR) is 250 cm³/mol. The number of aliphatic hydroxyl groups is 1. The monoisotopic (exact) mass is 896 g/mol. The number of anilines is 3. The number of aromatic nitrogens is 5. The standard InChI is InChI=1S/C49H56N10O7/c1-5-25-57-45(62)36-31-50-48(54-43(36)59(57)40-17-13-16-39(53-40)49(3,4)65)52-33-20-22-34(23-21-33)55-26-28-56(29-27-55)41(60)18-10-8-6-7-9-11-30-66-38-15-12-14-35-42(38)47(64)58(46(35)63)37-24-19-32(2)51-44(37)61/h5,12-17,20-23,31,37,65H,1-2,6-11,18-19,24-30H2,3-4H3,(H,51,61)(H,50,52,54). The summed E-state index contributed by atoms with van der Waals surface area (Å²) in [6, 6.07) is 17.3. The number of pyridine rings is 1. The van der Waals surface area contributed by atoms with Crippen molar-refractivity contribution in [2.45, 2.75) is 89.8 Å². The molecule has 2 aromatic carbocycles. The van der Waals surface area contributed by atoms with E-state index in [0.29, 0.717) is 78.9 Å². The maximum absolute atomic E-state index is 13.4. The first-order valence-corrected chi connectivity index (χ1v) is 22.6. The van der Waals surface area contributed by atoms with Gasteiger partial charge in [0.2, 0.25) is 17.8 Å². The van der Waals surface area contributed by atoms with Crippen LogP contribution in [0.5, 0.6) is 5.75 Å². The summed E-state index contributed by atoms with van der Waals surface area (Å²) in [5, 5.41) is 16.8. The molecule has 4 amide bonds. The molecule has 2 saturated heterocycles. The van der Waals surface area contributed by atoms with Crippen LogP contribution in [0.15, 0.2) is 96.6 Å². The molecule has 2 fully saturated rings. The molecule has 8 rings (SSSR count). The van der Waals surface area contributed by atoms with Gasteiger partial charge in [-0.2, -0.15) is 4.98 Å². The second kappa shape index (κ2) is 19.5. The number of hydrogen-bond donors (Lipinski definition) is 3. The second-order valence-electron chi connectivity index (χ2n) is 17.4. The molecule has 344 valence electrons. The third kappa shape index (κ3) is 9.61. The molecule has 0 saturated carbocycles. The topological polar surface area (TPSA) is 197 Å². The summed E-state index contributed by atoms with van der Waals surface area (Å²) in [5.74, 6) is -0.112. The SMILES string of the molecule is C=CCn1c(=O)c2cnc(Nc3ccc(N4CCN(C(=O)CCCCCCCCOc5cccc6c5C(=O)N(C5CCC(=C)NC5=O)C6=O)CC4)cc3)nc2n1-c1cccc(C(C)(C)O)n1. The van der Waals surface area contributed by atoms with Gasteiger partial charge in [0, 0.05) is 55.9 Å². The van der Waals surface area contributed by atoms with Crippen LogP contribution < -0.4 is 25.8 Å². The Kier molecular flexibility index (Phi) is 13.4. The van der Waals surface area contributed by atoms with Crippen LogP contribution in [0.4, 0.5) is 17.3 Å². The van der Waals surface area contributed by atoms with Crippen LogP contribution in [-0.2, 0) is 21.7 Å². The predicted octanol–water partition coefficient (Wildman–Crippen LogP) is 5.98. The van der Waals surface area contributed by atoms with Gasteiger partial charge in [-0.15, -0.1) is 6.58 Å². The fourth-order valence-corrected chi connectivity index (χ4v) is 8.70. The number of nitrogens with one attached hydrogen (secondary N) is 2. The van der Waals surface area contributed by atoms with E-state index in [1.165, 1.54) is 10.9 Å². The van der Waals surface area contributed by atoms with Crippen LogP contribution in [-0.4, -0.2) is 102 Å². The number of piperidine rings is 1. The zero-order chi connectivity index (χ0) is 46.5. The van der Waals surface area contributed by atoms with Gasteiger partial charge in [0.1, 0.15) is 22.8 Å². The minimum absolute atomic E-state index is 0.183. The molecule has 17 heteroatoms. The van der Waals surface area contributed by atoms with Crippen LogP contribution >= 0.6 is 0 Å². The minimum Gasteiger partial charge on any atom is -0.493 e. The van der Waals surface area contributed by atoms with Gasteiger partial charge >= 0.3 is 0 Å². The lowest BCUT2D eigenvalue weighted by Gasteiger charge is -2.36. The molecular weight excluding hydrogens is 841 g/mol. The number of imide groups is 1. The Balaban J connectivity index is 0.750. The summed E-state index contributed by atoms with van der Waals surface area (Å²) >= 11 is 0. The molecule has 0 bridgehead atoms. The van der Waals surface area contributed by atoms with E-state index in [0.717, 1.165) is 67.9 Å². The maximum atomic E-state index is 13.4. The number of hydrogen-bond acceptors (Lipinski definition) is 12. The average Bonchev–Trinajstić information content (AvgIpc) is 3.73. The Hall–Kier alpha value is -7.14. The quantitative estimate of drug-likeness (QED) is 0.0530. The largest absolute Gasteiger partial charge is 0.493 e. The van der Waals surface area contributed by atoms with Gasteiger partial charge in [0.25, 0.3) is 17.4 Å². The highest BCUT2D eigenvalue weighted by molar-refractivity contribution is 6.24. The third-order valence-electron chi connectivity index (χ3n) is 12.3. The van der Waals surface area contributed by atoms with E-state index in [2.05, 4.69) is 38.7 Å². The van der Waals surface area contributed by atoms with Crippen LogP contribution in [0.1, 0.15) is 98.0 Å². The van der Waals surface area contributed by atoms with Crippen molar-refractivity contribution in [3.8, 4) is 11.6 Å². The highest BCUT2D eigenvalue weighted by Crippen LogP contribution is 2.34. The number of ether oxygens (including phenoxy) is 1. The normalized spacial score (nSPS) is 16.5. The van der Waals surface area contributed by atoms with Crippen molar-refractivity contribution in [1.82, 2.24) is 39.4 Å². The molecule has 0 spiro atoms. The summed E-state index contributed by atoms with van der Waals surface area (Å²) in [6.45, 7) is 14.3. The van der Waals surface area contributed by atoms with E-state index in [1.807, 2.05) is 29.2 Å². The van der Waals surface area contributed by atoms with Gasteiger partial charge in [-0.3, -0.25) is 28.9 Å². The van der Waals surface area contributed by atoms with E-state index in [4.69, 9.17) is 9.72 Å². The molecule has 6 heterocycles. The number of carbonyl (C=O) groups excluding carboxylic acids is 4. The molecule has 3 aliphatic rings. The van der Waals surface area contributed by atoms with E-state index >= 15 is 0 Å². The average molecular weight is 897 g/mol. The van der Waals surface area contributed by atoms with Gasteiger partial charge in [-0.25, -0.2) is 19.3 Å². The molecule has 17 nitrogen and oxygen atoms in total. The third-order valence-corrected chi connectivity index (χ3v) is 12.3. The zero-order valence-electron chi connectivity index (χ0n) is 37.5. The smallest absolute Gasteiger partial charge is 0.278 e. The van der Waals surface area contributed by atoms with Crippen LogP contribution in [0.2, 0.25) is 0 Å².